The van der Waals surface area contributed by atoms with Gasteiger partial charge in [0.1, 0.15) is 0 Å². The van der Waals surface area contributed by atoms with Crippen molar-refractivity contribution in [2.75, 3.05) is 19.6 Å². The van der Waals surface area contributed by atoms with Crippen LogP contribution in [0.3, 0.4) is 0 Å². The second-order valence-electron chi connectivity index (χ2n) is 4.39. The second-order valence-corrected chi connectivity index (χ2v) is 4.39. The van der Waals surface area contributed by atoms with Gasteiger partial charge in [-0.3, -0.25) is 9.89 Å². The zero-order valence-corrected chi connectivity index (χ0v) is 10.3. The van der Waals surface area contributed by atoms with Crippen LogP contribution in [0.2, 0.25) is 0 Å². The second kappa shape index (κ2) is 6.61. The fourth-order valence-electron chi connectivity index (χ4n) is 1.83. The minimum atomic E-state index is -0.162. The van der Waals surface area contributed by atoms with Gasteiger partial charge in [-0.1, -0.05) is 12.7 Å². The van der Waals surface area contributed by atoms with E-state index in [0.717, 1.165) is 38.2 Å². The van der Waals surface area contributed by atoms with Crippen LogP contribution < -0.4 is 0 Å². The summed E-state index contributed by atoms with van der Waals surface area (Å²) < 4.78 is 0. The molecule has 3 nitrogen and oxygen atoms in total. The molecule has 0 aromatic carbocycles. The first-order valence-electron chi connectivity index (χ1n) is 5.87. The van der Waals surface area contributed by atoms with Crippen LogP contribution in [0.25, 0.3) is 0 Å². The van der Waals surface area contributed by atoms with Gasteiger partial charge in [0.15, 0.2) is 0 Å². The molecule has 0 radical (unpaired) electrons. The first-order valence-corrected chi connectivity index (χ1v) is 5.87. The fourth-order valence-corrected chi connectivity index (χ4v) is 1.83. The first kappa shape index (κ1) is 13.1. The van der Waals surface area contributed by atoms with Crippen molar-refractivity contribution in [1.29, 1.82) is 0 Å². The van der Waals surface area contributed by atoms with Gasteiger partial charge in [0.05, 0.1) is 6.10 Å². The number of hydrogen-bond acceptors (Lipinski definition) is 3. The Labute approximate surface area is 98.2 Å². The highest BCUT2D eigenvalue weighted by atomic mass is 16.3. The zero-order valence-electron chi connectivity index (χ0n) is 10.3. The van der Waals surface area contributed by atoms with Crippen LogP contribution in [0.15, 0.2) is 28.9 Å². The molecule has 1 unspecified atom stereocenters. The van der Waals surface area contributed by atoms with Crippen LogP contribution in [-0.4, -0.2) is 42.0 Å². The lowest BCUT2D eigenvalue weighted by Crippen LogP contribution is -2.39. The Morgan fingerprint density at radius 2 is 2.38 bits per heavy atom. The molecule has 1 heterocycles. The number of aliphatic hydroxyl groups excluding tert-OH is 1. The van der Waals surface area contributed by atoms with Crippen molar-refractivity contribution in [1.82, 2.24) is 4.90 Å². The molecule has 0 saturated carbocycles. The lowest BCUT2D eigenvalue weighted by molar-refractivity contribution is 0.0764. The van der Waals surface area contributed by atoms with Crippen molar-refractivity contribution in [3.8, 4) is 0 Å². The molecule has 0 amide bonds. The van der Waals surface area contributed by atoms with Crippen molar-refractivity contribution in [2.45, 2.75) is 32.8 Å². The van der Waals surface area contributed by atoms with Crippen molar-refractivity contribution in [3.05, 3.63) is 23.9 Å². The standard InChI is InChI=1S/C13H22N2O/c1-4-12(8-14-11(2)3)9-15-7-5-6-13(16)10-15/h4,8,13,16H,2,5-7,9-10H2,1,3H3/b12-4+,14-8-. The Morgan fingerprint density at radius 1 is 1.62 bits per heavy atom. The molecule has 3 heteroatoms. The SMILES string of the molecule is C=C(C)/N=C\C(=C/C)CN1CCCC(O)C1. The van der Waals surface area contributed by atoms with Gasteiger partial charge >= 0.3 is 0 Å². The number of hydrogen-bond donors (Lipinski definition) is 1. The van der Waals surface area contributed by atoms with E-state index in [0.29, 0.717) is 0 Å². The quantitative estimate of drug-likeness (QED) is 0.738. The Morgan fingerprint density at radius 3 is 2.94 bits per heavy atom. The number of β-amino-alcohol motifs (C(OH)–C–C–N with tert-alkyl or cyclic N) is 1. The molecule has 1 aliphatic rings. The number of allylic oxidation sites excluding steroid dienone is 2. The molecule has 0 bridgehead atoms. The van der Waals surface area contributed by atoms with Crippen molar-refractivity contribution >= 4 is 6.21 Å². The number of piperidine rings is 1. The van der Waals surface area contributed by atoms with Gasteiger partial charge in [0.2, 0.25) is 0 Å². The van der Waals surface area contributed by atoms with Crippen LogP contribution >= 0.6 is 0 Å². The van der Waals surface area contributed by atoms with Crippen molar-refractivity contribution < 1.29 is 5.11 Å². The summed E-state index contributed by atoms with van der Waals surface area (Å²) in [6, 6.07) is 0. The molecule has 1 N–H and O–H groups in total. The Hall–Kier alpha value is -0.930. The monoisotopic (exact) mass is 222 g/mol. The van der Waals surface area contributed by atoms with Gasteiger partial charge in [-0.15, -0.1) is 0 Å². The van der Waals surface area contributed by atoms with E-state index in [2.05, 4.69) is 22.5 Å². The van der Waals surface area contributed by atoms with Gasteiger partial charge < -0.3 is 5.11 Å². The molecular formula is C13H22N2O. The lowest BCUT2D eigenvalue weighted by atomic mass is 10.1. The average Bonchev–Trinajstić information content (AvgIpc) is 2.24. The first-order chi connectivity index (χ1) is 7.61. The van der Waals surface area contributed by atoms with E-state index in [-0.39, 0.29) is 6.10 Å². The third-order valence-electron chi connectivity index (χ3n) is 2.71. The number of aliphatic hydroxyl groups is 1. The molecule has 1 atom stereocenters. The summed E-state index contributed by atoms with van der Waals surface area (Å²) in [6.45, 7) is 10.3. The van der Waals surface area contributed by atoms with Crippen LogP contribution in [0.5, 0.6) is 0 Å². The largest absolute Gasteiger partial charge is 0.392 e. The summed E-state index contributed by atoms with van der Waals surface area (Å²) in [5, 5.41) is 9.57. The minimum absolute atomic E-state index is 0.162. The summed E-state index contributed by atoms with van der Waals surface area (Å²) >= 11 is 0. The van der Waals surface area contributed by atoms with E-state index in [1.807, 2.05) is 20.1 Å². The van der Waals surface area contributed by atoms with E-state index in [1.54, 1.807) is 0 Å². The minimum Gasteiger partial charge on any atom is -0.392 e. The number of aliphatic imine (C=N–C) groups is 1. The van der Waals surface area contributed by atoms with Crippen LogP contribution in [-0.2, 0) is 0 Å². The molecule has 16 heavy (non-hydrogen) atoms. The van der Waals surface area contributed by atoms with E-state index in [4.69, 9.17) is 0 Å². The molecule has 1 saturated heterocycles. The Bertz CT molecular complexity index is 294. The predicted molar refractivity (Wildman–Crippen MR) is 68.7 cm³/mol. The van der Waals surface area contributed by atoms with Gasteiger partial charge in [-0.25, -0.2) is 0 Å². The van der Waals surface area contributed by atoms with Crippen LogP contribution in [0.1, 0.15) is 26.7 Å². The zero-order chi connectivity index (χ0) is 12.0. The third kappa shape index (κ3) is 4.73. The molecular weight excluding hydrogens is 200 g/mol. The van der Waals surface area contributed by atoms with Gasteiger partial charge in [-0.2, -0.15) is 0 Å². The van der Waals surface area contributed by atoms with Crippen molar-refractivity contribution in [2.24, 2.45) is 4.99 Å². The topological polar surface area (TPSA) is 35.8 Å². The molecule has 0 spiro atoms. The predicted octanol–water partition coefficient (Wildman–Crippen LogP) is 1.99. The van der Waals surface area contributed by atoms with Gasteiger partial charge in [0.25, 0.3) is 0 Å². The molecule has 90 valence electrons. The highest BCUT2D eigenvalue weighted by Crippen LogP contribution is 2.11. The van der Waals surface area contributed by atoms with E-state index in [9.17, 15) is 5.11 Å². The number of rotatable bonds is 4. The molecule has 0 aromatic heterocycles. The van der Waals surface area contributed by atoms with E-state index in [1.165, 1.54) is 5.57 Å². The molecule has 1 rings (SSSR count). The average molecular weight is 222 g/mol. The van der Waals surface area contributed by atoms with Crippen molar-refractivity contribution in [3.63, 3.8) is 0 Å². The van der Waals surface area contributed by atoms with E-state index < -0.39 is 0 Å². The van der Waals surface area contributed by atoms with Crippen LogP contribution in [0.4, 0.5) is 0 Å². The lowest BCUT2D eigenvalue weighted by Gasteiger charge is -2.30. The summed E-state index contributed by atoms with van der Waals surface area (Å²) in [7, 11) is 0. The fraction of sp³-hybridized carbons (Fsp3) is 0.615. The maximum Gasteiger partial charge on any atom is 0.0667 e. The smallest absolute Gasteiger partial charge is 0.0667 e. The third-order valence-corrected chi connectivity index (χ3v) is 2.71. The number of likely N-dealkylation sites (tertiary alicyclic amines) is 1. The summed E-state index contributed by atoms with van der Waals surface area (Å²) in [4.78, 5) is 6.48. The highest BCUT2D eigenvalue weighted by molar-refractivity contribution is 5.79. The molecule has 0 aliphatic carbocycles. The summed E-state index contributed by atoms with van der Waals surface area (Å²) in [5.74, 6) is 0. The maximum absolute atomic E-state index is 9.57. The van der Waals surface area contributed by atoms with Crippen LogP contribution in [0, 0.1) is 0 Å². The van der Waals surface area contributed by atoms with Gasteiger partial charge in [-0.05, 0) is 38.8 Å². The van der Waals surface area contributed by atoms with Gasteiger partial charge in [0, 0.05) is 25.0 Å². The molecule has 1 aliphatic heterocycles. The maximum atomic E-state index is 9.57. The highest BCUT2D eigenvalue weighted by Gasteiger charge is 2.17. The van der Waals surface area contributed by atoms with E-state index >= 15 is 0 Å². The molecule has 1 fully saturated rings. The molecule has 0 aromatic rings. The summed E-state index contributed by atoms with van der Waals surface area (Å²) in [5.41, 5.74) is 2.00. The normalized spacial score (nSPS) is 23.9. The summed E-state index contributed by atoms with van der Waals surface area (Å²) in [6.07, 6.45) is 5.78. The Balaban J connectivity index is 2.47. The number of nitrogens with zero attached hydrogens (tertiary/aromatic N) is 2. The Kier molecular flexibility index (Phi) is 5.43.